The van der Waals surface area contributed by atoms with Gasteiger partial charge in [-0.05, 0) is 39.3 Å². The number of halogens is 3. The molecule has 7 nitrogen and oxygen atoms in total. The number of rotatable bonds is 7. The first-order valence-electron chi connectivity index (χ1n) is 10.8. The highest BCUT2D eigenvalue weighted by Gasteiger charge is 2.25. The van der Waals surface area contributed by atoms with Gasteiger partial charge in [-0.1, -0.05) is 11.3 Å². The van der Waals surface area contributed by atoms with Crippen LogP contribution in [0.2, 0.25) is 0 Å². The summed E-state index contributed by atoms with van der Waals surface area (Å²) in [5.74, 6) is -1.70. The number of morpholine rings is 1. The molecule has 1 saturated heterocycles. The first kappa shape index (κ1) is 25.5. The predicted molar refractivity (Wildman–Crippen MR) is 128 cm³/mol. The van der Waals surface area contributed by atoms with Crippen molar-refractivity contribution in [3.63, 3.8) is 0 Å². The van der Waals surface area contributed by atoms with E-state index in [1.165, 1.54) is 11.0 Å². The average Bonchev–Trinajstić information content (AvgIpc) is 3.35. The maximum absolute atomic E-state index is 14.3. The van der Waals surface area contributed by atoms with Crippen molar-refractivity contribution in [1.82, 2.24) is 19.7 Å². The van der Waals surface area contributed by atoms with Crippen LogP contribution in [0.15, 0.2) is 18.2 Å². The van der Waals surface area contributed by atoms with Crippen LogP contribution in [0.1, 0.15) is 42.5 Å². The predicted octanol–water partition coefficient (Wildman–Crippen LogP) is 4.45. The largest absolute Gasteiger partial charge is 0.379 e. The van der Waals surface area contributed by atoms with Crippen LogP contribution in [0.4, 0.5) is 13.9 Å². The number of thiazole rings is 1. The Morgan fingerprint density at radius 2 is 1.97 bits per heavy atom. The smallest absolute Gasteiger partial charge is 0.280 e. The van der Waals surface area contributed by atoms with Crippen molar-refractivity contribution in [2.45, 2.75) is 33.2 Å². The zero-order valence-electron chi connectivity index (χ0n) is 18.9. The van der Waals surface area contributed by atoms with Crippen LogP contribution in [0.3, 0.4) is 0 Å². The Kier molecular flexibility index (Phi) is 8.38. The zero-order valence-corrected chi connectivity index (χ0v) is 20.5. The van der Waals surface area contributed by atoms with Crippen molar-refractivity contribution in [3.8, 4) is 0 Å². The second-order valence-corrected chi connectivity index (χ2v) is 9.21. The van der Waals surface area contributed by atoms with Crippen molar-refractivity contribution in [2.24, 2.45) is 0 Å². The SMILES string of the molecule is Cc1cc(C(=O)N(CCCN2CCOCC2)c2nc3c(F)cc(F)cc3s2)nn1C(C)C.Cl. The molecule has 3 heterocycles. The van der Waals surface area contributed by atoms with E-state index in [0.717, 1.165) is 42.7 Å². The number of ether oxygens (including phenoxy) is 1. The minimum absolute atomic E-state index is 0. The minimum Gasteiger partial charge on any atom is -0.379 e. The van der Waals surface area contributed by atoms with Gasteiger partial charge in [-0.3, -0.25) is 19.3 Å². The molecule has 0 radical (unpaired) electrons. The Labute approximate surface area is 201 Å². The molecule has 0 saturated carbocycles. The number of aromatic nitrogens is 3. The molecule has 0 aliphatic carbocycles. The Morgan fingerprint density at radius 3 is 2.64 bits per heavy atom. The maximum atomic E-state index is 14.3. The van der Waals surface area contributed by atoms with E-state index < -0.39 is 11.6 Å². The van der Waals surface area contributed by atoms with E-state index in [-0.39, 0.29) is 29.9 Å². The molecule has 3 aromatic rings. The number of anilines is 1. The van der Waals surface area contributed by atoms with Crippen molar-refractivity contribution in [1.29, 1.82) is 0 Å². The number of fused-ring (bicyclic) bond motifs is 1. The molecule has 0 spiro atoms. The Balaban J connectivity index is 0.00000306. The van der Waals surface area contributed by atoms with Gasteiger partial charge in [0.1, 0.15) is 11.3 Å². The lowest BCUT2D eigenvalue weighted by Gasteiger charge is -2.27. The number of carbonyl (C=O) groups excluding carboxylic acids is 1. The normalized spacial score (nSPS) is 14.6. The highest BCUT2D eigenvalue weighted by molar-refractivity contribution is 7.22. The average molecular weight is 500 g/mol. The first-order valence-corrected chi connectivity index (χ1v) is 11.6. The molecule has 1 fully saturated rings. The molecule has 33 heavy (non-hydrogen) atoms. The number of aryl methyl sites for hydroxylation is 1. The van der Waals surface area contributed by atoms with Gasteiger partial charge in [0, 0.05) is 44.0 Å². The standard InChI is InChI=1S/C22H27F2N5O2S.ClH/c1-14(2)29-15(3)11-18(26-29)21(30)28(6-4-5-27-7-9-31-10-8-27)22-25-20-17(24)12-16(23)13-19(20)32-22;/h11-14H,4-10H2,1-3H3;1H. The summed E-state index contributed by atoms with van der Waals surface area (Å²) in [6, 6.07) is 3.92. The van der Waals surface area contributed by atoms with E-state index in [4.69, 9.17) is 4.74 Å². The van der Waals surface area contributed by atoms with E-state index >= 15 is 0 Å². The molecule has 180 valence electrons. The van der Waals surface area contributed by atoms with Crippen molar-refractivity contribution in [3.05, 3.63) is 41.2 Å². The number of benzene rings is 1. The first-order chi connectivity index (χ1) is 15.3. The summed E-state index contributed by atoms with van der Waals surface area (Å²) < 4.78 is 35.5. The summed E-state index contributed by atoms with van der Waals surface area (Å²) in [4.78, 5) is 21.6. The summed E-state index contributed by atoms with van der Waals surface area (Å²) in [7, 11) is 0. The highest BCUT2D eigenvalue weighted by Crippen LogP contribution is 2.32. The Hall–Kier alpha value is -2.14. The molecular weight excluding hydrogens is 472 g/mol. The molecule has 1 aromatic carbocycles. The van der Waals surface area contributed by atoms with E-state index in [1.807, 2.05) is 20.8 Å². The van der Waals surface area contributed by atoms with Crippen LogP contribution < -0.4 is 4.90 Å². The van der Waals surface area contributed by atoms with Crippen LogP contribution >= 0.6 is 23.7 Å². The van der Waals surface area contributed by atoms with Gasteiger partial charge in [0.15, 0.2) is 16.6 Å². The molecule has 0 N–H and O–H groups in total. The van der Waals surface area contributed by atoms with E-state index in [2.05, 4.69) is 15.0 Å². The topological polar surface area (TPSA) is 63.5 Å². The number of hydrogen-bond acceptors (Lipinski definition) is 6. The second-order valence-electron chi connectivity index (χ2n) is 8.20. The van der Waals surface area contributed by atoms with Gasteiger partial charge in [0.2, 0.25) is 0 Å². The summed E-state index contributed by atoms with van der Waals surface area (Å²) >= 11 is 1.11. The third kappa shape index (κ3) is 5.68. The van der Waals surface area contributed by atoms with Crippen LogP contribution in [-0.4, -0.2) is 65.0 Å². The number of carbonyl (C=O) groups is 1. The quantitative estimate of drug-likeness (QED) is 0.480. The molecule has 11 heteroatoms. The molecule has 1 aliphatic heterocycles. The lowest BCUT2D eigenvalue weighted by Crippen LogP contribution is -2.39. The molecule has 4 rings (SSSR count). The van der Waals surface area contributed by atoms with E-state index in [1.54, 1.807) is 10.7 Å². The van der Waals surface area contributed by atoms with Crippen LogP contribution in [-0.2, 0) is 4.74 Å². The lowest BCUT2D eigenvalue weighted by atomic mass is 10.3. The number of amides is 1. The molecule has 0 bridgehead atoms. The molecule has 1 amide bonds. The van der Waals surface area contributed by atoms with Gasteiger partial charge in [0.25, 0.3) is 5.91 Å². The van der Waals surface area contributed by atoms with Gasteiger partial charge < -0.3 is 4.74 Å². The monoisotopic (exact) mass is 499 g/mol. The summed E-state index contributed by atoms with van der Waals surface area (Å²) in [5, 5.41) is 4.82. The molecular formula is C22H28ClF2N5O2S. The third-order valence-electron chi connectivity index (χ3n) is 5.47. The highest BCUT2D eigenvalue weighted by atomic mass is 35.5. The zero-order chi connectivity index (χ0) is 22.8. The summed E-state index contributed by atoms with van der Waals surface area (Å²) in [6.07, 6.45) is 0.711. The fourth-order valence-corrected chi connectivity index (χ4v) is 4.90. The third-order valence-corrected chi connectivity index (χ3v) is 6.49. The van der Waals surface area contributed by atoms with Crippen molar-refractivity contribution in [2.75, 3.05) is 44.3 Å². The molecule has 0 unspecified atom stereocenters. The summed E-state index contributed by atoms with van der Waals surface area (Å²) in [5.41, 5.74) is 1.27. The summed E-state index contributed by atoms with van der Waals surface area (Å²) in [6.45, 7) is 10.2. The fourth-order valence-electron chi connectivity index (χ4n) is 3.88. The van der Waals surface area contributed by atoms with Gasteiger partial charge in [0.05, 0.1) is 17.9 Å². The fraction of sp³-hybridized carbons (Fsp3) is 0.500. The Bertz CT molecular complexity index is 1110. The van der Waals surface area contributed by atoms with E-state index in [0.29, 0.717) is 41.7 Å². The van der Waals surface area contributed by atoms with Crippen LogP contribution in [0.25, 0.3) is 10.2 Å². The van der Waals surface area contributed by atoms with Crippen LogP contribution in [0.5, 0.6) is 0 Å². The number of nitrogens with zero attached hydrogens (tertiary/aromatic N) is 5. The number of hydrogen-bond donors (Lipinski definition) is 0. The minimum atomic E-state index is -0.733. The van der Waals surface area contributed by atoms with Gasteiger partial charge >= 0.3 is 0 Å². The Morgan fingerprint density at radius 1 is 1.24 bits per heavy atom. The second kappa shape index (κ2) is 10.9. The lowest BCUT2D eigenvalue weighted by molar-refractivity contribution is 0.0376. The van der Waals surface area contributed by atoms with Gasteiger partial charge in [-0.15, -0.1) is 12.4 Å². The van der Waals surface area contributed by atoms with Crippen molar-refractivity contribution >= 4 is 45.0 Å². The van der Waals surface area contributed by atoms with Gasteiger partial charge in [-0.25, -0.2) is 13.8 Å². The van der Waals surface area contributed by atoms with Crippen molar-refractivity contribution < 1.29 is 18.3 Å². The van der Waals surface area contributed by atoms with Gasteiger partial charge in [-0.2, -0.15) is 5.10 Å². The molecule has 2 aromatic heterocycles. The maximum Gasteiger partial charge on any atom is 0.280 e. The van der Waals surface area contributed by atoms with E-state index in [9.17, 15) is 13.6 Å². The molecule has 1 aliphatic rings. The molecule has 0 atom stereocenters. The van der Waals surface area contributed by atoms with Crippen LogP contribution in [0, 0.1) is 18.6 Å².